The summed E-state index contributed by atoms with van der Waals surface area (Å²) in [5, 5.41) is 14.7. The normalized spacial score (nSPS) is 11.6. The van der Waals surface area contributed by atoms with Crippen molar-refractivity contribution < 1.29 is 13.9 Å². The highest BCUT2D eigenvalue weighted by atomic mass is 35.5. The predicted molar refractivity (Wildman–Crippen MR) is 121 cm³/mol. The van der Waals surface area contributed by atoms with E-state index in [-0.39, 0.29) is 11.9 Å². The average Bonchev–Trinajstić information content (AvgIpc) is 3.33. The lowest BCUT2D eigenvalue weighted by Gasteiger charge is -2.16. The van der Waals surface area contributed by atoms with Crippen molar-refractivity contribution in [1.82, 2.24) is 20.8 Å². The summed E-state index contributed by atoms with van der Waals surface area (Å²) < 4.78 is 11.1. The van der Waals surface area contributed by atoms with Crippen molar-refractivity contribution >= 4 is 17.6 Å². The zero-order chi connectivity index (χ0) is 22.3. The molecule has 4 aromatic rings. The fourth-order valence-corrected chi connectivity index (χ4v) is 3.26. The van der Waals surface area contributed by atoms with Crippen molar-refractivity contribution in [2.24, 2.45) is 0 Å². The van der Waals surface area contributed by atoms with Crippen molar-refractivity contribution in [2.45, 2.75) is 12.6 Å². The van der Waals surface area contributed by atoms with Crippen LogP contribution in [0.3, 0.4) is 0 Å². The molecule has 0 aliphatic heterocycles. The van der Waals surface area contributed by atoms with E-state index in [1.165, 1.54) is 0 Å². The Labute approximate surface area is 190 Å². The smallest absolute Gasteiger partial charge is 0.315 e. The summed E-state index contributed by atoms with van der Waals surface area (Å²) >= 11 is 6.03. The molecule has 2 N–H and O–H groups in total. The molecule has 0 unspecified atom stereocenters. The molecular formula is C24H21ClN4O3. The number of urea groups is 1. The maximum atomic E-state index is 12.7. The number of aromatic nitrogens is 2. The highest BCUT2D eigenvalue weighted by Gasteiger charge is 2.23. The first-order valence-electron chi connectivity index (χ1n) is 9.94. The van der Waals surface area contributed by atoms with Gasteiger partial charge in [0.2, 0.25) is 11.8 Å². The molecule has 1 atom stereocenters. The van der Waals surface area contributed by atoms with Gasteiger partial charge < -0.3 is 19.8 Å². The lowest BCUT2D eigenvalue weighted by Crippen LogP contribution is -2.38. The van der Waals surface area contributed by atoms with Crippen LogP contribution in [0.25, 0.3) is 11.5 Å². The molecule has 8 heteroatoms. The minimum absolute atomic E-state index is 0.266. The average molecular weight is 449 g/mol. The molecule has 0 aliphatic rings. The van der Waals surface area contributed by atoms with Gasteiger partial charge in [-0.3, -0.25) is 0 Å². The van der Waals surface area contributed by atoms with Crippen LogP contribution in [-0.2, 0) is 6.54 Å². The van der Waals surface area contributed by atoms with Gasteiger partial charge in [0.15, 0.2) is 0 Å². The minimum Gasteiger partial charge on any atom is -0.497 e. The van der Waals surface area contributed by atoms with Crippen LogP contribution in [-0.4, -0.2) is 23.3 Å². The van der Waals surface area contributed by atoms with Crippen molar-refractivity contribution in [2.75, 3.05) is 7.11 Å². The van der Waals surface area contributed by atoms with Crippen LogP contribution in [0.4, 0.5) is 4.79 Å². The molecule has 0 bridgehead atoms. The van der Waals surface area contributed by atoms with E-state index in [4.69, 9.17) is 20.8 Å². The zero-order valence-electron chi connectivity index (χ0n) is 17.3. The van der Waals surface area contributed by atoms with Crippen LogP contribution in [0.15, 0.2) is 83.3 Å². The molecule has 162 valence electrons. The number of hydrogen-bond donors (Lipinski definition) is 2. The highest BCUT2D eigenvalue weighted by molar-refractivity contribution is 6.30. The summed E-state index contributed by atoms with van der Waals surface area (Å²) in [5.41, 5.74) is 2.46. The Morgan fingerprint density at radius 1 is 1.03 bits per heavy atom. The Hall–Kier alpha value is -3.84. The largest absolute Gasteiger partial charge is 0.497 e. The number of carbonyl (C=O) groups is 1. The molecule has 0 spiro atoms. The van der Waals surface area contributed by atoms with Crippen molar-refractivity contribution in [3.8, 4) is 17.2 Å². The lowest BCUT2D eigenvalue weighted by atomic mass is 10.1. The van der Waals surface area contributed by atoms with Crippen LogP contribution in [0.2, 0.25) is 5.02 Å². The number of halogens is 1. The van der Waals surface area contributed by atoms with Gasteiger partial charge in [-0.1, -0.05) is 54.1 Å². The quantitative estimate of drug-likeness (QED) is 0.416. The molecule has 3 aromatic carbocycles. The fourth-order valence-electron chi connectivity index (χ4n) is 3.14. The van der Waals surface area contributed by atoms with Crippen molar-refractivity contribution in [3.63, 3.8) is 0 Å². The second-order valence-electron chi connectivity index (χ2n) is 6.97. The third-order valence-corrected chi connectivity index (χ3v) is 5.03. The van der Waals surface area contributed by atoms with Gasteiger partial charge in [-0.25, -0.2) is 4.79 Å². The molecule has 1 heterocycles. The monoisotopic (exact) mass is 448 g/mol. The van der Waals surface area contributed by atoms with E-state index in [9.17, 15) is 4.79 Å². The third-order valence-electron chi connectivity index (χ3n) is 4.77. The van der Waals surface area contributed by atoms with Gasteiger partial charge in [0.25, 0.3) is 0 Å². The number of hydrogen-bond acceptors (Lipinski definition) is 5. The molecule has 32 heavy (non-hydrogen) atoms. The Morgan fingerprint density at radius 2 is 1.81 bits per heavy atom. The van der Waals surface area contributed by atoms with E-state index in [2.05, 4.69) is 20.8 Å². The Bertz CT molecular complexity index is 1180. The summed E-state index contributed by atoms with van der Waals surface area (Å²) in [6.45, 7) is 0.329. The minimum atomic E-state index is -0.650. The van der Waals surface area contributed by atoms with Gasteiger partial charge in [0.05, 0.1) is 7.11 Å². The maximum Gasteiger partial charge on any atom is 0.315 e. The number of methoxy groups -OCH3 is 1. The fraction of sp³-hybridized carbons (Fsp3) is 0.125. The summed E-state index contributed by atoms with van der Waals surface area (Å²) in [4.78, 5) is 12.7. The summed E-state index contributed by atoms with van der Waals surface area (Å²) in [7, 11) is 1.60. The van der Waals surface area contributed by atoms with E-state index in [0.29, 0.717) is 17.5 Å². The summed E-state index contributed by atoms with van der Waals surface area (Å²) in [6, 6.07) is 23.0. The van der Waals surface area contributed by atoms with Gasteiger partial charge in [-0.2, -0.15) is 0 Å². The molecule has 1 aromatic heterocycles. The van der Waals surface area contributed by atoms with Crippen LogP contribution in [0.5, 0.6) is 5.75 Å². The zero-order valence-corrected chi connectivity index (χ0v) is 18.0. The molecule has 0 saturated heterocycles. The molecule has 0 fully saturated rings. The Morgan fingerprint density at radius 3 is 2.56 bits per heavy atom. The Kier molecular flexibility index (Phi) is 6.67. The maximum absolute atomic E-state index is 12.7. The van der Waals surface area contributed by atoms with Crippen LogP contribution >= 0.6 is 11.6 Å². The Balaban J connectivity index is 1.53. The summed E-state index contributed by atoms with van der Waals surface area (Å²) in [6.07, 6.45) is 0. The third kappa shape index (κ3) is 5.25. The second kappa shape index (κ2) is 9.98. The van der Waals surface area contributed by atoms with E-state index >= 15 is 0 Å². The molecule has 4 rings (SSSR count). The number of nitrogens with one attached hydrogen (secondary N) is 2. The summed E-state index contributed by atoms with van der Waals surface area (Å²) in [5.74, 6) is 1.36. The van der Waals surface area contributed by atoms with E-state index in [1.807, 2.05) is 66.7 Å². The number of nitrogens with zero attached hydrogens (tertiary/aromatic N) is 2. The topological polar surface area (TPSA) is 89.3 Å². The van der Waals surface area contributed by atoms with Crippen LogP contribution < -0.4 is 15.4 Å². The number of benzene rings is 3. The van der Waals surface area contributed by atoms with Gasteiger partial charge in [0.1, 0.15) is 11.8 Å². The number of rotatable bonds is 7. The van der Waals surface area contributed by atoms with Crippen molar-refractivity contribution in [1.29, 1.82) is 0 Å². The number of ether oxygens (including phenoxy) is 1. The highest BCUT2D eigenvalue weighted by Crippen LogP contribution is 2.26. The predicted octanol–water partition coefficient (Wildman–Crippen LogP) is 4.99. The number of carbonyl (C=O) groups excluding carboxylic acids is 1. The van der Waals surface area contributed by atoms with E-state index < -0.39 is 6.04 Å². The molecule has 0 radical (unpaired) electrons. The van der Waals surface area contributed by atoms with E-state index in [1.54, 1.807) is 19.2 Å². The molecule has 7 nitrogen and oxygen atoms in total. The standard InChI is InChI=1S/C24H21ClN4O3/c1-31-20-9-5-6-16(14-20)15-26-24(30)27-21(17-10-12-19(25)13-11-17)23-29-28-22(32-23)18-7-3-2-4-8-18/h2-14,21H,15H2,1H3,(H2,26,27,30)/t21-/m0/s1. The van der Waals surface area contributed by atoms with Crippen molar-refractivity contribution in [3.05, 3.63) is 101 Å². The molecule has 0 saturated carbocycles. The van der Waals surface area contributed by atoms with Gasteiger partial charge in [-0.05, 0) is 47.5 Å². The lowest BCUT2D eigenvalue weighted by molar-refractivity contribution is 0.236. The van der Waals surface area contributed by atoms with Gasteiger partial charge in [-0.15, -0.1) is 10.2 Å². The first-order chi connectivity index (χ1) is 15.6. The number of amides is 2. The van der Waals surface area contributed by atoms with Gasteiger partial charge >= 0.3 is 6.03 Å². The SMILES string of the molecule is COc1cccc(CNC(=O)N[C@@H](c2ccc(Cl)cc2)c2nnc(-c3ccccc3)o2)c1. The second-order valence-corrected chi connectivity index (χ2v) is 7.41. The van der Waals surface area contributed by atoms with Crippen LogP contribution in [0, 0.1) is 0 Å². The molecule has 2 amide bonds. The molecule has 0 aliphatic carbocycles. The van der Waals surface area contributed by atoms with E-state index in [0.717, 1.165) is 22.4 Å². The van der Waals surface area contributed by atoms with Gasteiger partial charge in [0, 0.05) is 17.1 Å². The molecular weight excluding hydrogens is 428 g/mol. The first kappa shape index (κ1) is 21.4. The van der Waals surface area contributed by atoms with Crippen LogP contribution in [0.1, 0.15) is 23.1 Å². The first-order valence-corrected chi connectivity index (χ1v) is 10.3.